The molecule has 2 rings (SSSR count). The third kappa shape index (κ3) is 3.86. The van der Waals surface area contributed by atoms with Gasteiger partial charge in [0.05, 0.1) is 10.4 Å². The highest BCUT2D eigenvalue weighted by molar-refractivity contribution is 9.11. The van der Waals surface area contributed by atoms with Gasteiger partial charge in [0.2, 0.25) is 0 Å². The number of nitrogens with two attached hydrogens (primary N) is 1. The molecule has 1 heterocycles. The van der Waals surface area contributed by atoms with Gasteiger partial charge in [-0.05, 0) is 41.1 Å². The first kappa shape index (κ1) is 14.7. The first-order chi connectivity index (χ1) is 9.08. The van der Waals surface area contributed by atoms with Crippen LogP contribution in [0.1, 0.15) is 23.5 Å². The molecule has 0 saturated carbocycles. The van der Waals surface area contributed by atoms with Crippen molar-refractivity contribution < 1.29 is 9.13 Å². The summed E-state index contributed by atoms with van der Waals surface area (Å²) < 4.78 is 20.4. The van der Waals surface area contributed by atoms with Crippen molar-refractivity contribution in [3.8, 4) is 0 Å². The van der Waals surface area contributed by atoms with Gasteiger partial charge in [0.25, 0.3) is 0 Å². The second kappa shape index (κ2) is 6.61. The maximum absolute atomic E-state index is 13.5. The summed E-state index contributed by atoms with van der Waals surface area (Å²) in [5.41, 5.74) is 6.50. The van der Waals surface area contributed by atoms with Crippen LogP contribution >= 0.6 is 27.3 Å². The summed E-state index contributed by atoms with van der Waals surface area (Å²) in [5, 5.41) is 0. The molecule has 0 fully saturated rings. The molecule has 2 N–H and O–H groups in total. The molecule has 2 unspecified atom stereocenters. The van der Waals surface area contributed by atoms with Gasteiger partial charge < -0.3 is 10.5 Å². The Labute approximate surface area is 124 Å². The molecular formula is C14H15BrFNOS. The van der Waals surface area contributed by atoms with E-state index < -0.39 is 0 Å². The average molecular weight is 344 g/mol. The molecule has 0 aliphatic rings. The van der Waals surface area contributed by atoms with E-state index in [1.807, 2.05) is 19.1 Å². The van der Waals surface area contributed by atoms with E-state index >= 15 is 0 Å². The molecule has 0 aliphatic heterocycles. The van der Waals surface area contributed by atoms with Crippen LogP contribution in [-0.2, 0) is 11.3 Å². The molecular weight excluding hydrogens is 329 g/mol. The lowest BCUT2D eigenvalue weighted by atomic mass is 10.1. The molecule has 0 spiro atoms. The Morgan fingerprint density at radius 2 is 2.05 bits per heavy atom. The number of thiophene rings is 1. The summed E-state index contributed by atoms with van der Waals surface area (Å²) in [4.78, 5) is 1.04. The summed E-state index contributed by atoms with van der Waals surface area (Å²) in [6, 6.07) is 10.4. The van der Waals surface area contributed by atoms with Crippen molar-refractivity contribution in [1.82, 2.24) is 0 Å². The van der Waals surface area contributed by atoms with Crippen molar-refractivity contribution in [2.24, 2.45) is 5.73 Å². The molecule has 2 aromatic rings. The number of hydrogen-bond acceptors (Lipinski definition) is 3. The number of ether oxygens (including phenoxy) is 1. The van der Waals surface area contributed by atoms with E-state index in [1.165, 1.54) is 6.07 Å². The van der Waals surface area contributed by atoms with Crippen molar-refractivity contribution in [2.45, 2.75) is 25.7 Å². The van der Waals surface area contributed by atoms with E-state index in [1.54, 1.807) is 29.5 Å². The minimum absolute atomic E-state index is 0.155. The van der Waals surface area contributed by atoms with Gasteiger partial charge in [-0.15, -0.1) is 11.3 Å². The summed E-state index contributed by atoms with van der Waals surface area (Å²) >= 11 is 5.00. The summed E-state index contributed by atoms with van der Waals surface area (Å²) in [5.74, 6) is -0.252. The van der Waals surface area contributed by atoms with Crippen LogP contribution in [0.25, 0.3) is 0 Å². The Morgan fingerprint density at radius 1 is 1.32 bits per heavy atom. The average Bonchev–Trinajstić information content (AvgIpc) is 2.78. The number of hydrogen-bond donors (Lipinski definition) is 1. The lowest BCUT2D eigenvalue weighted by Crippen LogP contribution is -2.26. The van der Waals surface area contributed by atoms with Gasteiger partial charge in [-0.3, -0.25) is 0 Å². The van der Waals surface area contributed by atoms with E-state index in [9.17, 15) is 4.39 Å². The zero-order valence-corrected chi connectivity index (χ0v) is 12.9. The van der Waals surface area contributed by atoms with Gasteiger partial charge in [-0.2, -0.15) is 0 Å². The second-order valence-corrected chi connectivity index (χ2v) is 6.82. The van der Waals surface area contributed by atoms with Crippen LogP contribution in [0, 0.1) is 5.82 Å². The zero-order valence-electron chi connectivity index (χ0n) is 10.5. The monoisotopic (exact) mass is 343 g/mol. The molecule has 0 radical (unpaired) electrons. The Kier molecular flexibility index (Phi) is 5.10. The van der Waals surface area contributed by atoms with Crippen LogP contribution in [0.5, 0.6) is 0 Å². The highest BCUT2D eigenvalue weighted by Gasteiger charge is 2.19. The third-order valence-electron chi connectivity index (χ3n) is 2.73. The van der Waals surface area contributed by atoms with Crippen molar-refractivity contribution >= 4 is 27.3 Å². The smallest absolute Gasteiger partial charge is 0.128 e. The van der Waals surface area contributed by atoms with Gasteiger partial charge in [0.1, 0.15) is 11.9 Å². The van der Waals surface area contributed by atoms with Gasteiger partial charge >= 0.3 is 0 Å². The Balaban J connectivity index is 2.08. The van der Waals surface area contributed by atoms with Gasteiger partial charge in [-0.1, -0.05) is 18.2 Å². The molecule has 0 aliphatic carbocycles. The number of halogens is 2. The predicted octanol–water partition coefficient (Wildman–Crippen LogP) is 4.25. The molecule has 2 nitrogen and oxygen atoms in total. The van der Waals surface area contributed by atoms with Crippen LogP contribution in [0.3, 0.4) is 0 Å². The van der Waals surface area contributed by atoms with Gasteiger partial charge in [0, 0.05) is 16.5 Å². The van der Waals surface area contributed by atoms with Gasteiger partial charge in [-0.25, -0.2) is 4.39 Å². The molecule has 5 heteroatoms. The molecule has 0 saturated heterocycles. The standard InChI is InChI=1S/C14H15BrFNOS/c1-9(17)14(12-6-7-13(15)19-12)18-8-10-4-2-3-5-11(10)16/h2-7,9,14H,8,17H2,1H3. The maximum atomic E-state index is 13.5. The first-order valence-electron chi connectivity index (χ1n) is 5.93. The number of benzene rings is 1. The normalized spacial score (nSPS) is 14.3. The SMILES string of the molecule is CC(N)C(OCc1ccccc1F)c1ccc(Br)s1. The van der Waals surface area contributed by atoms with Crippen molar-refractivity contribution in [2.75, 3.05) is 0 Å². The fourth-order valence-corrected chi connectivity index (χ4v) is 3.36. The fraction of sp³-hybridized carbons (Fsp3) is 0.286. The number of rotatable bonds is 5. The highest BCUT2D eigenvalue weighted by Crippen LogP contribution is 2.31. The topological polar surface area (TPSA) is 35.2 Å². The molecule has 102 valence electrons. The van der Waals surface area contributed by atoms with Crippen LogP contribution < -0.4 is 5.73 Å². The van der Waals surface area contributed by atoms with Crippen LogP contribution in [-0.4, -0.2) is 6.04 Å². The lowest BCUT2D eigenvalue weighted by Gasteiger charge is -2.20. The van der Waals surface area contributed by atoms with Crippen LogP contribution in [0.15, 0.2) is 40.2 Å². The quantitative estimate of drug-likeness (QED) is 0.880. The van der Waals surface area contributed by atoms with E-state index in [4.69, 9.17) is 10.5 Å². The molecule has 0 bridgehead atoms. The first-order valence-corrected chi connectivity index (χ1v) is 7.54. The van der Waals surface area contributed by atoms with E-state index in [0.29, 0.717) is 5.56 Å². The molecule has 1 aromatic heterocycles. The van der Waals surface area contributed by atoms with Gasteiger partial charge in [0.15, 0.2) is 0 Å². The van der Waals surface area contributed by atoms with E-state index in [2.05, 4.69) is 15.9 Å². The van der Waals surface area contributed by atoms with E-state index in [-0.39, 0.29) is 24.6 Å². The molecule has 19 heavy (non-hydrogen) atoms. The van der Waals surface area contributed by atoms with Crippen LogP contribution in [0.4, 0.5) is 4.39 Å². The predicted molar refractivity (Wildman–Crippen MR) is 79.6 cm³/mol. The highest BCUT2D eigenvalue weighted by atomic mass is 79.9. The largest absolute Gasteiger partial charge is 0.366 e. The Morgan fingerprint density at radius 3 is 2.63 bits per heavy atom. The minimum Gasteiger partial charge on any atom is -0.366 e. The van der Waals surface area contributed by atoms with E-state index in [0.717, 1.165) is 8.66 Å². The van der Waals surface area contributed by atoms with Crippen LogP contribution in [0.2, 0.25) is 0 Å². The summed E-state index contributed by atoms with van der Waals surface area (Å²) in [6.45, 7) is 2.11. The summed E-state index contributed by atoms with van der Waals surface area (Å²) in [6.07, 6.45) is -0.226. The molecule has 0 amide bonds. The van der Waals surface area contributed by atoms with Crippen molar-refractivity contribution in [1.29, 1.82) is 0 Å². The summed E-state index contributed by atoms with van der Waals surface area (Å²) in [7, 11) is 0. The lowest BCUT2D eigenvalue weighted by molar-refractivity contribution is 0.0268. The van der Waals surface area contributed by atoms with Crippen molar-refractivity contribution in [3.63, 3.8) is 0 Å². The molecule has 2 atom stereocenters. The zero-order chi connectivity index (χ0) is 13.8. The minimum atomic E-state index is -0.252. The fourth-order valence-electron chi connectivity index (χ4n) is 1.77. The Hall–Kier alpha value is -0.750. The second-order valence-electron chi connectivity index (χ2n) is 4.32. The Bertz CT molecular complexity index is 544. The third-order valence-corrected chi connectivity index (χ3v) is 4.41. The molecule has 1 aromatic carbocycles. The maximum Gasteiger partial charge on any atom is 0.128 e. The van der Waals surface area contributed by atoms with Crippen molar-refractivity contribution in [3.05, 3.63) is 56.4 Å².